The molecule has 0 radical (unpaired) electrons. The molecule has 1 aromatic carbocycles. The normalized spacial score (nSPS) is 11.1. The summed E-state index contributed by atoms with van der Waals surface area (Å²) < 4.78 is 5.22. The molecule has 0 aliphatic rings. The zero-order valence-electron chi connectivity index (χ0n) is 18.0. The summed E-state index contributed by atoms with van der Waals surface area (Å²) in [5, 5.41) is 9.11. The van der Waals surface area contributed by atoms with Crippen LogP contribution >= 0.6 is 0 Å². The Balaban J connectivity index is 1.97. The molecule has 0 amide bonds. The van der Waals surface area contributed by atoms with Crippen LogP contribution in [0.2, 0.25) is 0 Å². The van der Waals surface area contributed by atoms with Gasteiger partial charge in [0.25, 0.3) is 0 Å². The average molecular weight is 403 g/mol. The highest BCUT2D eigenvalue weighted by atomic mass is 16.5. The van der Waals surface area contributed by atoms with Crippen molar-refractivity contribution in [1.29, 1.82) is 0 Å². The van der Waals surface area contributed by atoms with Crippen LogP contribution in [0, 0.1) is 0 Å². The van der Waals surface area contributed by atoms with Gasteiger partial charge in [-0.15, -0.1) is 0 Å². The number of hydrogen-bond donors (Lipinski definition) is 1. The number of hydrogen-bond acceptors (Lipinski definition) is 3. The van der Waals surface area contributed by atoms with Crippen LogP contribution in [0.1, 0.15) is 111 Å². The molecule has 0 unspecified atom stereocenters. The molecule has 0 heterocycles. The largest absolute Gasteiger partial charge is 0.478 e. The minimum atomic E-state index is -1.11. The molecule has 0 spiro atoms. The van der Waals surface area contributed by atoms with Crippen molar-refractivity contribution in [2.75, 3.05) is 6.61 Å². The summed E-state index contributed by atoms with van der Waals surface area (Å²) in [6, 6.07) is 6.15. The molecule has 0 bridgehead atoms. The second kappa shape index (κ2) is 16.8. The first kappa shape index (κ1) is 24.9. The van der Waals surface area contributed by atoms with E-state index >= 15 is 0 Å². The number of aromatic carboxylic acids is 1. The maximum absolute atomic E-state index is 12.0. The maximum Gasteiger partial charge on any atom is 0.339 e. The van der Waals surface area contributed by atoms with Crippen LogP contribution in [0.3, 0.4) is 0 Å². The van der Waals surface area contributed by atoms with E-state index in [1.807, 2.05) is 0 Å². The van der Waals surface area contributed by atoms with E-state index in [-0.39, 0.29) is 11.1 Å². The van der Waals surface area contributed by atoms with Gasteiger partial charge in [0.2, 0.25) is 0 Å². The second-order valence-corrected chi connectivity index (χ2v) is 7.57. The highest BCUT2D eigenvalue weighted by molar-refractivity contribution is 6.02. The molecule has 1 aromatic rings. The van der Waals surface area contributed by atoms with Gasteiger partial charge in [0.05, 0.1) is 17.7 Å². The van der Waals surface area contributed by atoms with Gasteiger partial charge >= 0.3 is 11.9 Å². The summed E-state index contributed by atoms with van der Waals surface area (Å²) in [6.07, 6.45) is 20.5. The van der Waals surface area contributed by atoms with Gasteiger partial charge in [0.15, 0.2) is 0 Å². The molecule has 162 valence electrons. The van der Waals surface area contributed by atoms with E-state index in [0.717, 1.165) is 32.1 Å². The predicted octanol–water partition coefficient (Wildman–Crippen LogP) is 7.19. The maximum atomic E-state index is 12.0. The zero-order valence-corrected chi connectivity index (χ0v) is 18.0. The lowest BCUT2D eigenvalue weighted by Crippen LogP contribution is -2.12. The summed E-state index contributed by atoms with van der Waals surface area (Å²) in [5.41, 5.74) is 0.104. The molecule has 1 rings (SSSR count). The highest BCUT2D eigenvalue weighted by Gasteiger charge is 2.16. The van der Waals surface area contributed by atoms with Crippen LogP contribution in [-0.4, -0.2) is 23.7 Å². The van der Waals surface area contributed by atoms with Gasteiger partial charge in [-0.05, 0) is 44.2 Å². The number of carbonyl (C=O) groups is 2. The number of carboxylic acid groups (broad SMARTS) is 1. The van der Waals surface area contributed by atoms with Crippen LogP contribution in [0.15, 0.2) is 36.4 Å². The minimum absolute atomic E-state index is 0.0132. The van der Waals surface area contributed by atoms with E-state index in [9.17, 15) is 9.59 Å². The van der Waals surface area contributed by atoms with Gasteiger partial charge in [-0.3, -0.25) is 0 Å². The standard InChI is InChI=1S/C25H38O4/c1-2-3-4-5-6-7-8-9-10-11-12-13-14-15-18-21-29-25(28)23-20-17-16-19-22(23)24(26)27/h10-11,16-17,19-20H,2-9,12-15,18,21H2,1H3,(H,26,27)/b11-10+. The van der Waals surface area contributed by atoms with Gasteiger partial charge in [-0.2, -0.15) is 0 Å². The number of unbranched alkanes of at least 4 members (excludes halogenated alkanes) is 11. The smallest absolute Gasteiger partial charge is 0.339 e. The van der Waals surface area contributed by atoms with Crippen molar-refractivity contribution >= 4 is 11.9 Å². The molecule has 0 atom stereocenters. The Hall–Kier alpha value is -2.10. The molecular weight excluding hydrogens is 364 g/mol. The molecule has 4 nitrogen and oxygen atoms in total. The summed E-state index contributed by atoms with van der Waals surface area (Å²) in [5.74, 6) is -1.67. The fourth-order valence-electron chi connectivity index (χ4n) is 3.26. The first-order chi connectivity index (χ1) is 14.2. The number of rotatable bonds is 17. The molecule has 29 heavy (non-hydrogen) atoms. The number of esters is 1. The Morgan fingerprint density at radius 1 is 0.793 bits per heavy atom. The third kappa shape index (κ3) is 12.1. The van der Waals surface area contributed by atoms with E-state index in [1.54, 1.807) is 12.1 Å². The van der Waals surface area contributed by atoms with Crippen LogP contribution in [-0.2, 0) is 4.74 Å². The van der Waals surface area contributed by atoms with Crippen molar-refractivity contribution in [2.45, 2.75) is 90.4 Å². The number of carbonyl (C=O) groups excluding carboxylic acids is 1. The van der Waals surface area contributed by atoms with E-state index in [4.69, 9.17) is 9.84 Å². The molecule has 0 aliphatic carbocycles. The molecule has 1 N–H and O–H groups in total. The number of carboxylic acids is 1. The summed E-state index contributed by atoms with van der Waals surface area (Å²) in [4.78, 5) is 23.2. The van der Waals surface area contributed by atoms with Crippen molar-refractivity contribution in [1.82, 2.24) is 0 Å². The lowest BCUT2D eigenvalue weighted by Gasteiger charge is -2.07. The lowest BCUT2D eigenvalue weighted by molar-refractivity contribution is 0.0487. The van der Waals surface area contributed by atoms with Crippen molar-refractivity contribution in [2.24, 2.45) is 0 Å². The topological polar surface area (TPSA) is 63.6 Å². The number of benzene rings is 1. The molecule has 0 aliphatic heterocycles. The Morgan fingerprint density at radius 2 is 1.31 bits per heavy atom. The van der Waals surface area contributed by atoms with Crippen molar-refractivity contribution in [3.05, 3.63) is 47.5 Å². The average Bonchev–Trinajstić information content (AvgIpc) is 2.73. The van der Waals surface area contributed by atoms with Gasteiger partial charge in [0.1, 0.15) is 0 Å². The third-order valence-electron chi connectivity index (χ3n) is 5.02. The van der Waals surface area contributed by atoms with Crippen LogP contribution in [0.5, 0.6) is 0 Å². The highest BCUT2D eigenvalue weighted by Crippen LogP contribution is 2.12. The quantitative estimate of drug-likeness (QED) is 0.170. The molecular formula is C25H38O4. The fourth-order valence-corrected chi connectivity index (χ4v) is 3.26. The van der Waals surface area contributed by atoms with Gasteiger partial charge in [-0.25, -0.2) is 9.59 Å². The first-order valence-electron chi connectivity index (χ1n) is 11.3. The monoisotopic (exact) mass is 402 g/mol. The SMILES string of the molecule is CCCCCCCCC/C=C/CCCCCCOC(=O)c1ccccc1C(=O)O. The summed E-state index contributed by atoms with van der Waals surface area (Å²) >= 11 is 0. The molecule has 0 saturated carbocycles. The number of ether oxygens (including phenoxy) is 1. The van der Waals surface area contributed by atoms with Crippen molar-refractivity contribution in [3.63, 3.8) is 0 Å². The second-order valence-electron chi connectivity index (χ2n) is 7.57. The van der Waals surface area contributed by atoms with Gasteiger partial charge in [-0.1, -0.05) is 82.6 Å². The molecule has 0 fully saturated rings. The number of allylic oxidation sites excluding steroid dienone is 2. The minimum Gasteiger partial charge on any atom is -0.478 e. The Bertz CT molecular complexity index is 607. The Kier molecular flexibility index (Phi) is 14.5. The van der Waals surface area contributed by atoms with Crippen LogP contribution < -0.4 is 0 Å². The van der Waals surface area contributed by atoms with E-state index in [2.05, 4.69) is 19.1 Å². The third-order valence-corrected chi connectivity index (χ3v) is 5.02. The van der Waals surface area contributed by atoms with Crippen molar-refractivity contribution < 1.29 is 19.4 Å². The molecule has 0 saturated heterocycles. The summed E-state index contributed by atoms with van der Waals surface area (Å²) in [6.45, 7) is 2.59. The first-order valence-corrected chi connectivity index (χ1v) is 11.3. The summed E-state index contributed by atoms with van der Waals surface area (Å²) in [7, 11) is 0. The van der Waals surface area contributed by atoms with E-state index < -0.39 is 11.9 Å². The Labute approximate surface area is 176 Å². The zero-order chi connectivity index (χ0) is 21.2. The fraction of sp³-hybridized carbons (Fsp3) is 0.600. The van der Waals surface area contributed by atoms with Crippen LogP contribution in [0.4, 0.5) is 0 Å². The van der Waals surface area contributed by atoms with Crippen LogP contribution in [0.25, 0.3) is 0 Å². The van der Waals surface area contributed by atoms with Gasteiger partial charge < -0.3 is 9.84 Å². The lowest BCUT2D eigenvalue weighted by atomic mass is 10.1. The predicted molar refractivity (Wildman–Crippen MR) is 119 cm³/mol. The Morgan fingerprint density at radius 3 is 1.90 bits per heavy atom. The molecule has 0 aromatic heterocycles. The van der Waals surface area contributed by atoms with E-state index in [1.165, 1.54) is 63.5 Å². The van der Waals surface area contributed by atoms with E-state index in [0.29, 0.717) is 6.61 Å². The van der Waals surface area contributed by atoms with Crippen molar-refractivity contribution in [3.8, 4) is 0 Å². The molecule has 4 heteroatoms. The van der Waals surface area contributed by atoms with Gasteiger partial charge in [0, 0.05) is 0 Å².